The highest BCUT2D eigenvalue weighted by molar-refractivity contribution is 14.1. The van der Waals surface area contributed by atoms with Crippen LogP contribution in [0.3, 0.4) is 0 Å². The quantitative estimate of drug-likeness (QED) is 0.756. The first-order valence-electron chi connectivity index (χ1n) is 6.13. The van der Waals surface area contributed by atoms with Gasteiger partial charge in [-0.25, -0.2) is 0 Å². The maximum atomic E-state index is 10.6. The van der Waals surface area contributed by atoms with Crippen molar-refractivity contribution >= 4 is 34.2 Å². The summed E-state index contributed by atoms with van der Waals surface area (Å²) < 4.78 is 6.39. The molecule has 5 heteroatoms. The van der Waals surface area contributed by atoms with E-state index < -0.39 is 5.91 Å². The highest BCUT2D eigenvalue weighted by atomic mass is 127. The van der Waals surface area contributed by atoms with Crippen molar-refractivity contribution in [3.63, 3.8) is 0 Å². The molecule has 2 aromatic carbocycles. The molecule has 104 valence electrons. The van der Waals surface area contributed by atoms with Crippen molar-refractivity contribution in [2.24, 2.45) is 5.73 Å². The number of hydrogen-bond acceptors (Lipinski definition) is 3. The molecule has 0 atom stereocenters. The Labute approximate surface area is 131 Å². The average molecular weight is 382 g/mol. The molecule has 0 bridgehead atoms. The van der Waals surface area contributed by atoms with E-state index >= 15 is 0 Å². The number of para-hydroxylation sites is 1. The van der Waals surface area contributed by atoms with E-state index in [0.717, 1.165) is 17.8 Å². The maximum absolute atomic E-state index is 10.6. The molecule has 0 aliphatic rings. The lowest BCUT2D eigenvalue weighted by atomic mass is 10.2. The summed E-state index contributed by atoms with van der Waals surface area (Å²) in [5.41, 5.74) is 7.27. The Morgan fingerprint density at radius 2 is 1.85 bits per heavy atom. The summed E-state index contributed by atoms with van der Waals surface area (Å²) in [7, 11) is 0. The van der Waals surface area contributed by atoms with Gasteiger partial charge in [-0.3, -0.25) is 4.79 Å². The van der Waals surface area contributed by atoms with Crippen LogP contribution >= 0.6 is 22.6 Å². The van der Waals surface area contributed by atoms with Gasteiger partial charge in [-0.15, -0.1) is 0 Å². The van der Waals surface area contributed by atoms with Crippen LogP contribution < -0.4 is 15.8 Å². The lowest BCUT2D eigenvalue weighted by Gasteiger charge is -2.09. The number of amides is 1. The number of halogens is 1. The zero-order chi connectivity index (χ0) is 14.4. The topological polar surface area (TPSA) is 64.4 Å². The van der Waals surface area contributed by atoms with Gasteiger partial charge in [0.15, 0.2) is 6.61 Å². The molecule has 0 fully saturated rings. The maximum Gasteiger partial charge on any atom is 0.255 e. The molecule has 2 rings (SSSR count). The predicted molar refractivity (Wildman–Crippen MR) is 87.6 cm³/mol. The lowest BCUT2D eigenvalue weighted by Crippen LogP contribution is -2.19. The Morgan fingerprint density at radius 3 is 2.50 bits per heavy atom. The minimum absolute atomic E-state index is 0.0974. The van der Waals surface area contributed by atoms with Crippen LogP contribution in [-0.2, 0) is 11.3 Å². The monoisotopic (exact) mass is 382 g/mol. The van der Waals surface area contributed by atoms with Crippen LogP contribution in [0, 0.1) is 3.57 Å². The highest BCUT2D eigenvalue weighted by Gasteiger charge is 2.00. The summed E-state index contributed by atoms with van der Waals surface area (Å²) in [6.45, 7) is 0.635. The first-order valence-corrected chi connectivity index (χ1v) is 7.21. The van der Waals surface area contributed by atoms with E-state index in [1.54, 1.807) is 0 Å². The number of carbonyl (C=O) groups is 1. The Hall–Kier alpha value is -1.76. The summed E-state index contributed by atoms with van der Waals surface area (Å²) in [6, 6.07) is 15.7. The molecule has 20 heavy (non-hydrogen) atoms. The fourth-order valence-corrected chi connectivity index (χ4v) is 2.24. The Bertz CT molecular complexity index is 585. The van der Waals surface area contributed by atoms with Crippen LogP contribution in [0.15, 0.2) is 48.5 Å². The van der Waals surface area contributed by atoms with Gasteiger partial charge in [-0.2, -0.15) is 0 Å². The van der Waals surface area contributed by atoms with Crippen LogP contribution in [0.4, 0.5) is 5.69 Å². The molecule has 0 aliphatic carbocycles. The van der Waals surface area contributed by atoms with Gasteiger partial charge in [-0.05, 0) is 52.4 Å². The lowest BCUT2D eigenvalue weighted by molar-refractivity contribution is -0.119. The fraction of sp³-hybridized carbons (Fsp3) is 0.133. The van der Waals surface area contributed by atoms with Gasteiger partial charge in [0.05, 0.1) is 0 Å². The second kappa shape index (κ2) is 7.14. The Morgan fingerprint density at radius 1 is 1.15 bits per heavy atom. The third-order valence-corrected chi connectivity index (χ3v) is 3.60. The molecule has 4 nitrogen and oxygen atoms in total. The minimum Gasteiger partial charge on any atom is -0.484 e. The van der Waals surface area contributed by atoms with Crippen molar-refractivity contribution in [1.82, 2.24) is 0 Å². The van der Waals surface area contributed by atoms with Gasteiger partial charge in [0, 0.05) is 15.8 Å². The fourth-order valence-electron chi connectivity index (χ4n) is 1.66. The van der Waals surface area contributed by atoms with Crippen LogP contribution in [0.2, 0.25) is 0 Å². The standard InChI is InChI=1S/C15H15IN2O2/c16-13-3-1-2-4-14(13)18-9-11-5-7-12(8-6-11)20-10-15(17)19/h1-8,18H,9-10H2,(H2,17,19). The molecule has 0 saturated heterocycles. The van der Waals surface area contributed by atoms with Crippen molar-refractivity contribution in [2.75, 3.05) is 11.9 Å². The predicted octanol–water partition coefficient (Wildman–Crippen LogP) is 2.77. The largest absolute Gasteiger partial charge is 0.484 e. The van der Waals surface area contributed by atoms with E-state index in [0.29, 0.717) is 5.75 Å². The number of primary amides is 1. The van der Waals surface area contributed by atoms with Gasteiger partial charge in [-0.1, -0.05) is 24.3 Å². The van der Waals surface area contributed by atoms with Gasteiger partial charge in [0.25, 0.3) is 5.91 Å². The molecule has 0 aliphatic heterocycles. The normalized spacial score (nSPS) is 10.1. The zero-order valence-electron chi connectivity index (χ0n) is 10.8. The molecule has 0 unspecified atom stereocenters. The molecule has 0 aromatic heterocycles. The van der Waals surface area contributed by atoms with Crippen LogP contribution in [0.5, 0.6) is 5.75 Å². The first-order chi connectivity index (χ1) is 9.65. The number of hydrogen-bond donors (Lipinski definition) is 2. The molecular weight excluding hydrogens is 367 g/mol. The van der Waals surface area contributed by atoms with E-state index in [4.69, 9.17) is 10.5 Å². The molecule has 0 spiro atoms. The SMILES string of the molecule is NC(=O)COc1ccc(CNc2ccccc2I)cc1. The summed E-state index contributed by atoms with van der Waals surface area (Å²) in [5.74, 6) is 0.163. The van der Waals surface area contributed by atoms with Crippen LogP contribution in [0.25, 0.3) is 0 Å². The highest BCUT2D eigenvalue weighted by Crippen LogP contribution is 2.18. The molecule has 0 heterocycles. The molecule has 0 saturated carbocycles. The number of nitrogens with one attached hydrogen (secondary N) is 1. The van der Waals surface area contributed by atoms with Gasteiger partial charge >= 0.3 is 0 Å². The van der Waals surface area contributed by atoms with Crippen molar-refractivity contribution in [3.8, 4) is 5.75 Å². The Kier molecular flexibility index (Phi) is 5.23. The third kappa shape index (κ3) is 4.41. The molecule has 2 aromatic rings. The van der Waals surface area contributed by atoms with Crippen LogP contribution in [0.1, 0.15) is 5.56 Å². The summed E-state index contributed by atoms with van der Waals surface area (Å²) >= 11 is 2.30. The summed E-state index contributed by atoms with van der Waals surface area (Å²) in [5, 5.41) is 3.38. The minimum atomic E-state index is -0.477. The van der Waals surface area contributed by atoms with E-state index in [2.05, 4.69) is 34.0 Å². The molecule has 1 amide bonds. The van der Waals surface area contributed by atoms with E-state index in [9.17, 15) is 4.79 Å². The summed E-state index contributed by atoms with van der Waals surface area (Å²) in [4.78, 5) is 10.6. The second-order valence-electron chi connectivity index (χ2n) is 4.23. The van der Waals surface area contributed by atoms with Gasteiger partial charge in [0.1, 0.15) is 5.75 Å². The number of anilines is 1. The van der Waals surface area contributed by atoms with E-state index in [-0.39, 0.29) is 6.61 Å². The number of carbonyl (C=O) groups excluding carboxylic acids is 1. The first kappa shape index (κ1) is 14.6. The van der Waals surface area contributed by atoms with Gasteiger partial charge in [0.2, 0.25) is 0 Å². The number of rotatable bonds is 6. The molecular formula is C15H15IN2O2. The van der Waals surface area contributed by atoms with Crippen molar-refractivity contribution in [1.29, 1.82) is 0 Å². The second-order valence-corrected chi connectivity index (χ2v) is 5.39. The van der Waals surface area contributed by atoms with Crippen molar-refractivity contribution in [3.05, 3.63) is 57.7 Å². The molecule has 3 N–H and O–H groups in total. The Balaban J connectivity index is 1.91. The van der Waals surface area contributed by atoms with Crippen LogP contribution in [-0.4, -0.2) is 12.5 Å². The third-order valence-electron chi connectivity index (χ3n) is 2.66. The van der Waals surface area contributed by atoms with Crippen molar-refractivity contribution < 1.29 is 9.53 Å². The average Bonchev–Trinajstić information content (AvgIpc) is 2.45. The summed E-state index contributed by atoms with van der Waals surface area (Å²) in [6.07, 6.45) is 0. The zero-order valence-corrected chi connectivity index (χ0v) is 13.0. The number of nitrogens with two attached hydrogens (primary N) is 1. The van der Waals surface area contributed by atoms with Gasteiger partial charge < -0.3 is 15.8 Å². The molecule has 0 radical (unpaired) electrons. The smallest absolute Gasteiger partial charge is 0.255 e. The van der Waals surface area contributed by atoms with Crippen molar-refractivity contribution in [2.45, 2.75) is 6.54 Å². The van der Waals surface area contributed by atoms with E-state index in [1.165, 1.54) is 3.57 Å². The number of ether oxygens (including phenoxy) is 1. The number of benzene rings is 2. The van der Waals surface area contributed by atoms with E-state index in [1.807, 2.05) is 42.5 Å².